The van der Waals surface area contributed by atoms with Crippen molar-refractivity contribution in [2.45, 2.75) is 33.4 Å². The minimum absolute atomic E-state index is 0.518. The van der Waals surface area contributed by atoms with Crippen molar-refractivity contribution in [3.8, 4) is 0 Å². The largest absolute Gasteiger partial charge is 0.375 e. The maximum atomic E-state index is 3.63. The van der Waals surface area contributed by atoms with Gasteiger partial charge in [-0.1, -0.05) is 35.8 Å². The molecule has 3 heteroatoms. The van der Waals surface area contributed by atoms with Gasteiger partial charge in [-0.25, -0.2) is 0 Å². The van der Waals surface area contributed by atoms with Crippen molar-refractivity contribution in [2.24, 2.45) is 0 Å². The molecule has 0 heterocycles. The van der Waals surface area contributed by atoms with Crippen LogP contribution in [0.25, 0.3) is 0 Å². The first-order chi connectivity index (χ1) is 7.54. The molecule has 0 bridgehead atoms. The SMILES string of the molecule is CCN(C)c1ccc(CNC(C)C)c(Br)c1. The molecule has 90 valence electrons. The number of hydrogen-bond acceptors (Lipinski definition) is 2. The zero-order valence-corrected chi connectivity index (χ0v) is 12.1. The molecule has 0 aliphatic heterocycles. The molecule has 1 N–H and O–H groups in total. The summed E-state index contributed by atoms with van der Waals surface area (Å²) in [6.07, 6.45) is 0. The first-order valence-corrected chi connectivity index (χ1v) is 6.56. The van der Waals surface area contributed by atoms with Gasteiger partial charge >= 0.3 is 0 Å². The van der Waals surface area contributed by atoms with Crippen molar-refractivity contribution >= 4 is 21.6 Å². The Kier molecular flexibility index (Phi) is 5.29. The summed E-state index contributed by atoms with van der Waals surface area (Å²) in [5.41, 5.74) is 2.56. The number of nitrogens with one attached hydrogen (secondary N) is 1. The van der Waals surface area contributed by atoms with Gasteiger partial charge in [-0.15, -0.1) is 0 Å². The summed E-state index contributed by atoms with van der Waals surface area (Å²) < 4.78 is 1.18. The van der Waals surface area contributed by atoms with Crippen LogP contribution < -0.4 is 10.2 Å². The molecule has 0 saturated carbocycles. The molecule has 0 aliphatic rings. The molecule has 0 spiro atoms. The molecule has 1 aromatic carbocycles. The van der Waals surface area contributed by atoms with Crippen molar-refractivity contribution in [1.82, 2.24) is 5.32 Å². The summed E-state index contributed by atoms with van der Waals surface area (Å²) in [5.74, 6) is 0. The molecule has 1 rings (SSSR count). The molecule has 0 unspecified atom stereocenters. The number of anilines is 1. The first-order valence-electron chi connectivity index (χ1n) is 5.77. The fraction of sp³-hybridized carbons (Fsp3) is 0.538. The van der Waals surface area contributed by atoms with Crippen molar-refractivity contribution in [3.63, 3.8) is 0 Å². The highest BCUT2D eigenvalue weighted by molar-refractivity contribution is 9.10. The summed E-state index contributed by atoms with van der Waals surface area (Å²) in [6, 6.07) is 7.05. The average molecular weight is 285 g/mol. The molecule has 16 heavy (non-hydrogen) atoms. The highest BCUT2D eigenvalue weighted by atomic mass is 79.9. The van der Waals surface area contributed by atoms with E-state index in [1.807, 2.05) is 0 Å². The fourth-order valence-electron chi connectivity index (χ4n) is 1.41. The molecule has 0 fully saturated rings. The van der Waals surface area contributed by atoms with Crippen LogP contribution in [-0.2, 0) is 6.54 Å². The number of nitrogens with zero attached hydrogens (tertiary/aromatic N) is 1. The van der Waals surface area contributed by atoms with Crippen LogP contribution in [0.5, 0.6) is 0 Å². The second-order valence-corrected chi connectivity index (χ2v) is 5.18. The zero-order chi connectivity index (χ0) is 12.1. The molecule has 0 aromatic heterocycles. The van der Waals surface area contributed by atoms with Crippen molar-refractivity contribution in [3.05, 3.63) is 28.2 Å². The van der Waals surface area contributed by atoms with E-state index in [0.717, 1.165) is 13.1 Å². The summed E-state index contributed by atoms with van der Waals surface area (Å²) in [5, 5.41) is 3.42. The minimum Gasteiger partial charge on any atom is -0.375 e. The van der Waals surface area contributed by atoms with Gasteiger partial charge in [-0.05, 0) is 24.6 Å². The predicted molar refractivity (Wildman–Crippen MR) is 75.1 cm³/mol. The average Bonchev–Trinajstić information content (AvgIpc) is 2.26. The lowest BCUT2D eigenvalue weighted by molar-refractivity contribution is 0.588. The lowest BCUT2D eigenvalue weighted by atomic mass is 10.2. The monoisotopic (exact) mass is 284 g/mol. The van der Waals surface area contributed by atoms with Crippen LogP contribution in [0, 0.1) is 0 Å². The predicted octanol–water partition coefficient (Wildman–Crippen LogP) is 3.40. The van der Waals surface area contributed by atoms with Crippen LogP contribution in [-0.4, -0.2) is 19.6 Å². The molecule has 0 aliphatic carbocycles. The Morgan fingerprint density at radius 3 is 2.56 bits per heavy atom. The highest BCUT2D eigenvalue weighted by Gasteiger charge is 2.04. The van der Waals surface area contributed by atoms with Gasteiger partial charge in [-0.3, -0.25) is 0 Å². The Morgan fingerprint density at radius 1 is 1.38 bits per heavy atom. The third-order valence-corrected chi connectivity index (χ3v) is 3.39. The van der Waals surface area contributed by atoms with Crippen molar-refractivity contribution in [1.29, 1.82) is 0 Å². The number of hydrogen-bond donors (Lipinski definition) is 1. The van der Waals surface area contributed by atoms with Gasteiger partial charge in [0.2, 0.25) is 0 Å². The topological polar surface area (TPSA) is 15.3 Å². The van der Waals surface area contributed by atoms with E-state index in [9.17, 15) is 0 Å². The van der Waals surface area contributed by atoms with Crippen LogP contribution in [0.1, 0.15) is 26.3 Å². The molecule has 0 atom stereocenters. The fourth-order valence-corrected chi connectivity index (χ4v) is 1.92. The van der Waals surface area contributed by atoms with Gasteiger partial charge in [0, 0.05) is 36.3 Å². The van der Waals surface area contributed by atoms with Gasteiger partial charge in [0.05, 0.1) is 0 Å². The van der Waals surface area contributed by atoms with E-state index >= 15 is 0 Å². The molecule has 0 radical (unpaired) electrons. The molecular formula is C13H21BrN2. The van der Waals surface area contributed by atoms with Gasteiger partial charge in [0.25, 0.3) is 0 Å². The van der Waals surface area contributed by atoms with Crippen LogP contribution in [0.2, 0.25) is 0 Å². The summed E-state index contributed by atoms with van der Waals surface area (Å²) in [4.78, 5) is 2.23. The van der Waals surface area contributed by atoms with Gasteiger partial charge < -0.3 is 10.2 Å². The van der Waals surface area contributed by atoms with E-state index in [1.165, 1.54) is 15.7 Å². The van der Waals surface area contributed by atoms with Crippen LogP contribution in [0.15, 0.2) is 22.7 Å². The van der Waals surface area contributed by atoms with E-state index in [4.69, 9.17) is 0 Å². The van der Waals surface area contributed by atoms with Crippen molar-refractivity contribution < 1.29 is 0 Å². The Labute approximate surface area is 107 Å². The van der Waals surface area contributed by atoms with E-state index in [2.05, 4.69) is 72.2 Å². The normalized spacial score (nSPS) is 10.9. The lowest BCUT2D eigenvalue weighted by Crippen LogP contribution is -2.22. The third-order valence-electron chi connectivity index (χ3n) is 2.65. The number of rotatable bonds is 5. The molecule has 0 saturated heterocycles. The summed E-state index contributed by atoms with van der Waals surface area (Å²) in [6.45, 7) is 8.41. The van der Waals surface area contributed by atoms with E-state index in [0.29, 0.717) is 6.04 Å². The van der Waals surface area contributed by atoms with Gasteiger partial charge in [0.15, 0.2) is 0 Å². The Bertz CT molecular complexity index is 337. The molecule has 1 aromatic rings. The quantitative estimate of drug-likeness (QED) is 0.892. The minimum atomic E-state index is 0.518. The Morgan fingerprint density at radius 2 is 2.06 bits per heavy atom. The number of halogens is 1. The maximum absolute atomic E-state index is 3.63. The molecule has 2 nitrogen and oxygen atoms in total. The molecular weight excluding hydrogens is 264 g/mol. The second-order valence-electron chi connectivity index (χ2n) is 4.33. The highest BCUT2D eigenvalue weighted by Crippen LogP contribution is 2.23. The van der Waals surface area contributed by atoms with Crippen LogP contribution in [0.4, 0.5) is 5.69 Å². The Hall–Kier alpha value is -0.540. The maximum Gasteiger partial charge on any atom is 0.0375 e. The van der Waals surface area contributed by atoms with Gasteiger partial charge in [-0.2, -0.15) is 0 Å². The van der Waals surface area contributed by atoms with Crippen LogP contribution in [0.3, 0.4) is 0 Å². The lowest BCUT2D eigenvalue weighted by Gasteiger charge is -2.18. The van der Waals surface area contributed by atoms with E-state index in [1.54, 1.807) is 0 Å². The standard InChI is InChI=1S/C13H21BrN2/c1-5-16(4)12-7-6-11(13(14)8-12)9-15-10(2)3/h6-8,10,15H,5,9H2,1-4H3. The van der Waals surface area contributed by atoms with Gasteiger partial charge in [0.1, 0.15) is 0 Å². The Balaban J connectivity index is 2.75. The summed E-state index contributed by atoms with van der Waals surface area (Å²) >= 11 is 3.63. The zero-order valence-electron chi connectivity index (χ0n) is 10.5. The van der Waals surface area contributed by atoms with E-state index in [-0.39, 0.29) is 0 Å². The van der Waals surface area contributed by atoms with Crippen LogP contribution >= 0.6 is 15.9 Å². The smallest absolute Gasteiger partial charge is 0.0375 e. The second kappa shape index (κ2) is 6.26. The van der Waals surface area contributed by atoms with E-state index < -0.39 is 0 Å². The van der Waals surface area contributed by atoms with Crippen molar-refractivity contribution in [2.75, 3.05) is 18.5 Å². The first kappa shape index (κ1) is 13.5. The summed E-state index contributed by atoms with van der Waals surface area (Å²) in [7, 11) is 2.10. The number of benzene rings is 1. The third kappa shape index (κ3) is 3.80. The molecule has 0 amide bonds.